The molecule has 4 N–H and O–H groups in total. The van der Waals surface area contributed by atoms with Crippen molar-refractivity contribution in [2.75, 3.05) is 31.6 Å². The van der Waals surface area contributed by atoms with E-state index in [1.807, 2.05) is 87.0 Å². The largest absolute Gasteiger partial charge is 0.451 e. The third-order valence-electron chi connectivity index (χ3n) is 9.85. The van der Waals surface area contributed by atoms with Gasteiger partial charge in [0.15, 0.2) is 22.8 Å². The van der Waals surface area contributed by atoms with Crippen LogP contribution in [0.4, 0.5) is 5.69 Å². The molecule has 8 rings (SSSR count). The minimum atomic E-state index is -3.38. The zero-order valence-electron chi connectivity index (χ0n) is 36.1. The zero-order chi connectivity index (χ0) is 44.5. The summed E-state index contributed by atoms with van der Waals surface area (Å²) >= 11 is 0. The average Bonchev–Trinajstić information content (AvgIpc) is 3.94. The zero-order valence-corrected chi connectivity index (χ0v) is 36.9. The van der Waals surface area contributed by atoms with Crippen molar-refractivity contribution < 1.29 is 27.5 Å². The fourth-order valence-electron chi connectivity index (χ4n) is 6.61. The maximum absolute atomic E-state index is 12.4. The number of benzene rings is 3. The lowest BCUT2D eigenvalue weighted by atomic mass is 9.96. The van der Waals surface area contributed by atoms with Crippen molar-refractivity contribution in [3.8, 4) is 34.4 Å². The third-order valence-corrected chi connectivity index (χ3v) is 10.5. The Kier molecular flexibility index (Phi) is 11.8. The van der Waals surface area contributed by atoms with Gasteiger partial charge in [-0.3, -0.25) is 24.5 Å². The van der Waals surface area contributed by atoms with Crippen LogP contribution in [0.5, 0.6) is 23.1 Å². The number of carbonyl (C=O) groups excluding carboxylic acids is 2. The molecular weight excluding hydrogens is 809 g/mol. The number of aromatic nitrogens is 7. The molecule has 0 unspecified atom stereocenters. The van der Waals surface area contributed by atoms with E-state index in [-0.39, 0.29) is 11.8 Å². The van der Waals surface area contributed by atoms with Gasteiger partial charge in [0.1, 0.15) is 11.4 Å². The Labute approximate surface area is 359 Å². The van der Waals surface area contributed by atoms with Gasteiger partial charge in [-0.1, -0.05) is 57.2 Å². The number of para-hydroxylation sites is 2. The topological polar surface area (TPSA) is 193 Å². The van der Waals surface area contributed by atoms with Crippen LogP contribution in [0.1, 0.15) is 53.8 Å². The average molecular weight is 859 g/mol. The molecule has 0 aliphatic carbocycles. The third kappa shape index (κ3) is 9.42. The fraction of sp³-hybridized carbons (Fsp3) is 0.267. The lowest BCUT2D eigenvalue weighted by Gasteiger charge is -2.17. The molecule has 0 aliphatic rings. The Morgan fingerprint density at radius 2 is 1.56 bits per heavy atom. The highest BCUT2D eigenvalue weighted by atomic mass is 32.2. The van der Waals surface area contributed by atoms with Crippen molar-refractivity contribution in [2.24, 2.45) is 5.41 Å². The molecule has 8 aromatic rings. The van der Waals surface area contributed by atoms with Crippen LogP contribution in [0, 0.1) is 26.2 Å². The van der Waals surface area contributed by atoms with Gasteiger partial charge < -0.3 is 19.7 Å². The first-order valence-electron chi connectivity index (χ1n) is 19.9. The normalized spacial score (nSPS) is 11.7. The lowest BCUT2D eigenvalue weighted by Crippen LogP contribution is -2.36. The van der Waals surface area contributed by atoms with Crippen molar-refractivity contribution >= 4 is 49.9 Å². The number of rotatable bonds is 11. The number of hydrogen-bond donors (Lipinski definition) is 4. The predicted molar refractivity (Wildman–Crippen MR) is 240 cm³/mol. The van der Waals surface area contributed by atoms with Gasteiger partial charge in [0, 0.05) is 61.6 Å². The molecule has 0 bridgehead atoms. The smallest absolute Gasteiger partial charge is 0.253 e. The first kappa shape index (κ1) is 43.0. The molecule has 0 fully saturated rings. The van der Waals surface area contributed by atoms with Crippen molar-refractivity contribution in [3.05, 3.63) is 119 Å². The number of anilines is 1. The molecule has 2 amide bonds. The van der Waals surface area contributed by atoms with Crippen molar-refractivity contribution in [1.29, 1.82) is 0 Å². The van der Waals surface area contributed by atoms with Gasteiger partial charge in [0.2, 0.25) is 21.8 Å². The molecule has 0 aliphatic heterocycles. The van der Waals surface area contributed by atoms with Crippen LogP contribution in [0.2, 0.25) is 0 Å². The molecule has 0 spiro atoms. The molecule has 0 saturated heterocycles. The maximum atomic E-state index is 12.4. The van der Waals surface area contributed by atoms with E-state index in [2.05, 4.69) is 25.2 Å². The van der Waals surface area contributed by atoms with Gasteiger partial charge in [-0.05, 0) is 68.8 Å². The second kappa shape index (κ2) is 17.1. The Hall–Kier alpha value is -7.14. The van der Waals surface area contributed by atoms with E-state index >= 15 is 0 Å². The number of imidazole rings is 2. The van der Waals surface area contributed by atoms with E-state index in [4.69, 9.17) is 19.4 Å². The van der Waals surface area contributed by atoms with Crippen LogP contribution < -0.4 is 19.5 Å². The van der Waals surface area contributed by atoms with Crippen LogP contribution >= 0.6 is 0 Å². The number of nitrogens with zero attached hydrogens (tertiary/aromatic N) is 6. The Morgan fingerprint density at radius 3 is 2.24 bits per heavy atom. The number of amides is 2. The number of aryl methyl sites for hydroxylation is 3. The SMILES string of the molecule is CN(C)C(=O)c1cccc(Oc2c(-c3ccc(NS(C)(=O)=O)cc3)[nH]n3c2nc2ccccc23)c1.Cc1ccc(Oc2c(C)[nH]n3c(C)c(CCNC(=O)C(C)(C)C)nc23)nc1. The molecule has 16 nitrogen and oxygen atoms in total. The molecule has 17 heteroatoms. The number of pyridine rings is 1. The Morgan fingerprint density at radius 1 is 0.839 bits per heavy atom. The summed E-state index contributed by atoms with van der Waals surface area (Å²) in [5.74, 6) is 2.08. The number of hydrogen-bond acceptors (Lipinski definition) is 9. The summed E-state index contributed by atoms with van der Waals surface area (Å²) < 4.78 is 41.7. The van der Waals surface area contributed by atoms with E-state index in [0.29, 0.717) is 58.7 Å². The fourth-order valence-corrected chi connectivity index (χ4v) is 7.17. The summed E-state index contributed by atoms with van der Waals surface area (Å²) in [5.41, 5.74) is 8.89. The van der Waals surface area contributed by atoms with Gasteiger partial charge in [-0.25, -0.2) is 32.4 Å². The van der Waals surface area contributed by atoms with Crippen LogP contribution in [-0.2, 0) is 21.2 Å². The highest BCUT2D eigenvalue weighted by Gasteiger charge is 2.23. The first-order chi connectivity index (χ1) is 29.4. The van der Waals surface area contributed by atoms with E-state index in [9.17, 15) is 18.0 Å². The molecule has 0 saturated carbocycles. The molecule has 0 radical (unpaired) electrons. The van der Waals surface area contributed by atoms with Crippen molar-refractivity contribution in [1.82, 2.24) is 44.4 Å². The second-order valence-electron chi connectivity index (χ2n) is 16.3. The number of ether oxygens (including phenoxy) is 2. The minimum Gasteiger partial charge on any atom is -0.451 e. The number of nitrogens with one attached hydrogen (secondary N) is 4. The molecule has 5 heterocycles. The van der Waals surface area contributed by atoms with Gasteiger partial charge in [-0.2, -0.15) is 0 Å². The standard InChI is InChI=1S/C25H23N5O4S.C20H27N5O2/c1-29(2)25(31)17-7-6-8-19(15-17)34-23-22(16-11-13-18(14-12-16)28-35(3,32)33)27-30-21-10-5-4-9-20(21)26-24(23)30;1-12-7-8-16(22-11-12)27-17-13(2)24-25-14(3)15(23-18(17)25)9-10-21-19(26)20(4,5)6/h4-15,27-28H,1-3H3;7-8,11,24H,9-10H2,1-6H3,(H,21,26). The van der Waals surface area contributed by atoms with Crippen LogP contribution in [0.3, 0.4) is 0 Å². The molecule has 3 aromatic carbocycles. The van der Waals surface area contributed by atoms with Crippen LogP contribution in [0.25, 0.3) is 33.6 Å². The Balaban J connectivity index is 0.000000193. The Bertz CT molecular complexity index is 3030. The van der Waals surface area contributed by atoms with Gasteiger partial charge in [0.05, 0.1) is 34.4 Å². The van der Waals surface area contributed by atoms with Crippen LogP contribution in [-0.4, -0.2) is 86.2 Å². The quantitative estimate of drug-likeness (QED) is 0.100. The second-order valence-corrected chi connectivity index (χ2v) is 18.0. The first-order valence-corrected chi connectivity index (χ1v) is 21.8. The number of sulfonamides is 1. The summed E-state index contributed by atoms with van der Waals surface area (Å²) in [6, 6.07) is 25.4. The summed E-state index contributed by atoms with van der Waals surface area (Å²) in [4.78, 5) is 39.8. The molecule has 62 heavy (non-hydrogen) atoms. The van der Waals surface area contributed by atoms with Crippen molar-refractivity contribution in [2.45, 2.75) is 48.0 Å². The van der Waals surface area contributed by atoms with E-state index < -0.39 is 15.4 Å². The van der Waals surface area contributed by atoms with E-state index in [1.165, 1.54) is 4.90 Å². The summed E-state index contributed by atoms with van der Waals surface area (Å²) in [6.45, 7) is 12.2. The number of H-pyrrole nitrogens is 2. The maximum Gasteiger partial charge on any atom is 0.253 e. The monoisotopic (exact) mass is 858 g/mol. The molecule has 0 atom stereocenters. The van der Waals surface area contributed by atoms with E-state index in [1.54, 1.807) is 68.8 Å². The molecule has 5 aromatic heterocycles. The summed E-state index contributed by atoms with van der Waals surface area (Å²) in [6.07, 6.45) is 3.53. The van der Waals surface area contributed by atoms with Crippen molar-refractivity contribution in [3.63, 3.8) is 0 Å². The predicted octanol–water partition coefficient (Wildman–Crippen LogP) is 7.83. The lowest BCUT2D eigenvalue weighted by molar-refractivity contribution is -0.128. The summed E-state index contributed by atoms with van der Waals surface area (Å²) in [7, 11) is 0.00862. The van der Waals surface area contributed by atoms with Gasteiger partial charge in [-0.15, -0.1) is 0 Å². The van der Waals surface area contributed by atoms with Gasteiger partial charge >= 0.3 is 0 Å². The van der Waals surface area contributed by atoms with E-state index in [0.717, 1.165) is 51.1 Å². The highest BCUT2D eigenvalue weighted by molar-refractivity contribution is 7.92. The number of fused-ring (bicyclic) bond motifs is 4. The minimum absolute atomic E-state index is 0.0373. The number of aromatic amines is 2. The molecular formula is C45H50N10O6S. The highest BCUT2D eigenvalue weighted by Crippen LogP contribution is 2.38. The number of carbonyl (C=O) groups is 2. The summed E-state index contributed by atoms with van der Waals surface area (Å²) in [5, 5.41) is 9.61. The van der Waals surface area contributed by atoms with Crippen LogP contribution in [0.15, 0.2) is 91.1 Å². The van der Waals surface area contributed by atoms with Gasteiger partial charge in [0.25, 0.3) is 5.91 Å². The molecule has 322 valence electrons.